The van der Waals surface area contributed by atoms with Gasteiger partial charge in [-0.15, -0.1) is 0 Å². The molecule has 0 atom stereocenters. The standard InChI is InChI=1S/C12H9BrFNO/c13-6-8-5-11(12(16)15-7-8)9-1-3-10(14)4-2-9/h1-5,7H,6H2,(H,15,16). The zero-order valence-corrected chi connectivity index (χ0v) is 9.92. The molecule has 0 radical (unpaired) electrons. The third kappa shape index (κ3) is 2.22. The second kappa shape index (κ2) is 4.61. The number of hydrogen-bond acceptors (Lipinski definition) is 1. The van der Waals surface area contributed by atoms with Crippen LogP contribution in [0.5, 0.6) is 0 Å². The Kier molecular flexibility index (Phi) is 3.19. The molecule has 0 spiro atoms. The van der Waals surface area contributed by atoms with Gasteiger partial charge in [0, 0.05) is 17.1 Å². The fourth-order valence-corrected chi connectivity index (χ4v) is 1.77. The van der Waals surface area contributed by atoms with Crippen LogP contribution in [0.25, 0.3) is 11.1 Å². The lowest BCUT2D eigenvalue weighted by atomic mass is 10.1. The van der Waals surface area contributed by atoms with Crippen molar-refractivity contribution < 1.29 is 4.39 Å². The van der Waals surface area contributed by atoms with Gasteiger partial charge >= 0.3 is 0 Å². The van der Waals surface area contributed by atoms with Crippen molar-refractivity contribution in [1.82, 2.24) is 4.98 Å². The summed E-state index contributed by atoms with van der Waals surface area (Å²) in [6.45, 7) is 0. The molecule has 16 heavy (non-hydrogen) atoms. The topological polar surface area (TPSA) is 32.9 Å². The van der Waals surface area contributed by atoms with Crippen molar-refractivity contribution in [3.05, 3.63) is 58.3 Å². The number of alkyl halides is 1. The zero-order valence-electron chi connectivity index (χ0n) is 8.34. The molecule has 0 aliphatic carbocycles. The molecule has 4 heteroatoms. The molecule has 0 saturated heterocycles. The van der Waals surface area contributed by atoms with Crippen LogP contribution in [0.2, 0.25) is 0 Å². The first kappa shape index (κ1) is 11.1. The van der Waals surface area contributed by atoms with Crippen molar-refractivity contribution in [2.75, 3.05) is 0 Å². The highest BCUT2D eigenvalue weighted by molar-refractivity contribution is 9.08. The highest BCUT2D eigenvalue weighted by atomic mass is 79.9. The van der Waals surface area contributed by atoms with E-state index in [0.717, 1.165) is 5.56 Å². The summed E-state index contributed by atoms with van der Waals surface area (Å²) in [4.78, 5) is 14.3. The van der Waals surface area contributed by atoms with Crippen LogP contribution in [0.1, 0.15) is 5.56 Å². The Morgan fingerprint density at radius 1 is 1.25 bits per heavy atom. The Morgan fingerprint density at radius 2 is 1.94 bits per heavy atom. The van der Waals surface area contributed by atoms with Gasteiger partial charge in [0.05, 0.1) is 0 Å². The second-order valence-electron chi connectivity index (χ2n) is 3.39. The molecule has 2 nitrogen and oxygen atoms in total. The lowest BCUT2D eigenvalue weighted by molar-refractivity contribution is 0.628. The third-order valence-electron chi connectivity index (χ3n) is 2.27. The van der Waals surface area contributed by atoms with Gasteiger partial charge in [-0.1, -0.05) is 28.1 Å². The Hall–Kier alpha value is -1.42. The van der Waals surface area contributed by atoms with Crippen LogP contribution >= 0.6 is 15.9 Å². The Bertz CT molecular complexity index is 548. The molecule has 2 aromatic rings. The summed E-state index contributed by atoms with van der Waals surface area (Å²) < 4.78 is 12.8. The van der Waals surface area contributed by atoms with Crippen LogP contribution in [-0.2, 0) is 5.33 Å². The predicted octanol–water partition coefficient (Wildman–Crippen LogP) is 3.08. The summed E-state index contributed by atoms with van der Waals surface area (Å²) >= 11 is 3.32. The molecule has 0 unspecified atom stereocenters. The largest absolute Gasteiger partial charge is 0.328 e. The van der Waals surface area contributed by atoms with Gasteiger partial charge in [0.1, 0.15) is 5.82 Å². The van der Waals surface area contributed by atoms with Gasteiger partial charge in [0.2, 0.25) is 0 Å². The van der Waals surface area contributed by atoms with Gasteiger partial charge in [0.25, 0.3) is 5.56 Å². The van der Waals surface area contributed by atoms with Crippen molar-refractivity contribution in [1.29, 1.82) is 0 Å². The van der Waals surface area contributed by atoms with Gasteiger partial charge in [-0.3, -0.25) is 4.79 Å². The molecule has 0 bridgehead atoms. The zero-order chi connectivity index (χ0) is 11.5. The molecule has 0 amide bonds. The molecule has 82 valence electrons. The molecular weight excluding hydrogens is 273 g/mol. The SMILES string of the molecule is O=c1[nH]cc(CBr)cc1-c1ccc(F)cc1. The second-order valence-corrected chi connectivity index (χ2v) is 3.95. The first-order valence-electron chi connectivity index (χ1n) is 4.74. The van der Waals surface area contributed by atoms with E-state index in [2.05, 4.69) is 20.9 Å². The van der Waals surface area contributed by atoms with Gasteiger partial charge in [-0.2, -0.15) is 0 Å². The summed E-state index contributed by atoms with van der Waals surface area (Å²) in [7, 11) is 0. The van der Waals surface area contributed by atoms with Crippen LogP contribution in [0.4, 0.5) is 4.39 Å². The van der Waals surface area contributed by atoms with E-state index >= 15 is 0 Å². The molecule has 0 aliphatic rings. The first-order chi connectivity index (χ1) is 7.70. The Labute approximate surface area is 100 Å². The van der Waals surface area contributed by atoms with Crippen LogP contribution in [0.3, 0.4) is 0 Å². The van der Waals surface area contributed by atoms with Crippen molar-refractivity contribution >= 4 is 15.9 Å². The van der Waals surface area contributed by atoms with Crippen molar-refractivity contribution in [2.24, 2.45) is 0 Å². The molecule has 2 rings (SSSR count). The van der Waals surface area contributed by atoms with E-state index in [4.69, 9.17) is 0 Å². The van der Waals surface area contributed by atoms with Crippen LogP contribution < -0.4 is 5.56 Å². The average molecular weight is 282 g/mol. The minimum absolute atomic E-state index is 0.170. The summed E-state index contributed by atoms with van der Waals surface area (Å²) in [5, 5.41) is 0.665. The molecule has 0 fully saturated rings. The summed E-state index contributed by atoms with van der Waals surface area (Å²) in [6, 6.07) is 7.67. The number of rotatable bonds is 2. The summed E-state index contributed by atoms with van der Waals surface area (Å²) in [5.41, 5.74) is 2.07. The first-order valence-corrected chi connectivity index (χ1v) is 5.86. The van der Waals surface area contributed by atoms with E-state index in [-0.39, 0.29) is 11.4 Å². The van der Waals surface area contributed by atoms with Crippen LogP contribution in [-0.4, -0.2) is 4.98 Å². The Balaban J connectivity index is 2.54. The lowest BCUT2D eigenvalue weighted by Crippen LogP contribution is -2.08. The minimum atomic E-state index is -0.308. The monoisotopic (exact) mass is 281 g/mol. The van der Waals surface area contributed by atoms with E-state index in [1.807, 2.05) is 0 Å². The van der Waals surface area contributed by atoms with Gasteiger partial charge in [-0.05, 0) is 29.3 Å². The van der Waals surface area contributed by atoms with Crippen molar-refractivity contribution in [3.8, 4) is 11.1 Å². The number of H-pyrrole nitrogens is 1. The van der Waals surface area contributed by atoms with Crippen molar-refractivity contribution in [2.45, 2.75) is 5.33 Å². The molecule has 1 N–H and O–H groups in total. The fourth-order valence-electron chi connectivity index (χ4n) is 1.45. The van der Waals surface area contributed by atoms with Gasteiger partial charge < -0.3 is 4.98 Å². The van der Waals surface area contributed by atoms with Gasteiger partial charge in [-0.25, -0.2) is 4.39 Å². The van der Waals surface area contributed by atoms with E-state index in [9.17, 15) is 9.18 Å². The number of hydrogen-bond donors (Lipinski definition) is 1. The highest BCUT2D eigenvalue weighted by Crippen LogP contribution is 2.17. The van der Waals surface area contributed by atoms with Crippen LogP contribution in [0.15, 0.2) is 41.3 Å². The summed E-state index contributed by atoms with van der Waals surface area (Å²) in [5.74, 6) is -0.308. The minimum Gasteiger partial charge on any atom is -0.328 e. The van der Waals surface area contributed by atoms with Crippen LogP contribution in [0, 0.1) is 5.82 Å². The molecular formula is C12H9BrFNO. The van der Waals surface area contributed by atoms with E-state index in [0.29, 0.717) is 16.5 Å². The summed E-state index contributed by atoms with van der Waals surface area (Å²) in [6.07, 6.45) is 1.66. The number of nitrogens with one attached hydrogen (secondary N) is 1. The predicted molar refractivity (Wildman–Crippen MR) is 65.1 cm³/mol. The molecule has 1 heterocycles. The normalized spacial score (nSPS) is 10.4. The number of aromatic amines is 1. The van der Waals surface area contributed by atoms with E-state index in [1.165, 1.54) is 12.1 Å². The molecule has 1 aromatic carbocycles. The van der Waals surface area contributed by atoms with E-state index < -0.39 is 0 Å². The fraction of sp³-hybridized carbons (Fsp3) is 0.0833. The maximum Gasteiger partial charge on any atom is 0.255 e. The number of benzene rings is 1. The van der Waals surface area contributed by atoms with Gasteiger partial charge in [0.15, 0.2) is 0 Å². The van der Waals surface area contributed by atoms with Crippen molar-refractivity contribution in [3.63, 3.8) is 0 Å². The smallest absolute Gasteiger partial charge is 0.255 e. The third-order valence-corrected chi connectivity index (χ3v) is 2.92. The molecule has 1 aromatic heterocycles. The maximum atomic E-state index is 12.8. The molecule has 0 saturated carbocycles. The quantitative estimate of drug-likeness (QED) is 0.844. The maximum absolute atomic E-state index is 12.8. The number of halogens is 2. The van der Waals surface area contributed by atoms with E-state index in [1.54, 1.807) is 24.4 Å². The average Bonchev–Trinajstić information content (AvgIpc) is 2.31. The number of aromatic nitrogens is 1. The molecule has 0 aliphatic heterocycles. The Morgan fingerprint density at radius 3 is 2.56 bits per heavy atom. The highest BCUT2D eigenvalue weighted by Gasteiger charge is 2.04. The lowest BCUT2D eigenvalue weighted by Gasteiger charge is -2.02. The number of pyridine rings is 1.